The minimum Gasteiger partial charge on any atom is -0.207 e. The summed E-state index contributed by atoms with van der Waals surface area (Å²) in [5.41, 5.74) is 2.37. The molecular formula is C25H37F. The molecule has 3 atom stereocenters. The lowest BCUT2D eigenvalue weighted by molar-refractivity contribution is 0.285. The molecule has 1 aromatic rings. The molecule has 0 radical (unpaired) electrons. The molecule has 3 unspecified atom stereocenters. The van der Waals surface area contributed by atoms with Gasteiger partial charge in [0.1, 0.15) is 5.82 Å². The molecule has 0 fully saturated rings. The number of allylic oxidation sites excluding steroid dienone is 2. The molecule has 0 aliphatic heterocycles. The topological polar surface area (TPSA) is 0 Å². The zero-order valence-corrected chi connectivity index (χ0v) is 17.7. The molecule has 0 bridgehead atoms. The third-order valence-corrected chi connectivity index (χ3v) is 5.43. The standard InChI is InChI=1S/C25H37F/c1-7-9-11-21(4)22(5)19-25(6,18-20(3)8-2)17-10-12-23-13-15-24(26)16-14-23/h13-16,18,21-22H,7-9,11-12,19H2,1-6H3/b20-18-. The Morgan fingerprint density at radius 3 is 2.38 bits per heavy atom. The fraction of sp³-hybridized carbons (Fsp3) is 0.600. The number of hydrogen-bond acceptors (Lipinski definition) is 0. The summed E-state index contributed by atoms with van der Waals surface area (Å²) in [6, 6.07) is 6.66. The maximum Gasteiger partial charge on any atom is 0.123 e. The van der Waals surface area contributed by atoms with Crippen molar-refractivity contribution in [3.05, 3.63) is 47.3 Å². The third kappa shape index (κ3) is 8.22. The smallest absolute Gasteiger partial charge is 0.123 e. The van der Waals surface area contributed by atoms with E-state index in [4.69, 9.17) is 0 Å². The van der Waals surface area contributed by atoms with Crippen LogP contribution in [0.15, 0.2) is 35.9 Å². The number of rotatable bonds is 9. The molecule has 1 rings (SSSR count). The van der Waals surface area contributed by atoms with Crippen molar-refractivity contribution < 1.29 is 4.39 Å². The Balaban J connectivity index is 2.89. The molecule has 0 N–H and O–H groups in total. The first-order valence-corrected chi connectivity index (χ1v) is 10.2. The van der Waals surface area contributed by atoms with Crippen LogP contribution in [0.4, 0.5) is 4.39 Å². The Bertz CT molecular complexity index is 614. The minimum atomic E-state index is -0.192. The van der Waals surface area contributed by atoms with E-state index < -0.39 is 0 Å². The van der Waals surface area contributed by atoms with Crippen LogP contribution in [0.25, 0.3) is 0 Å². The second-order valence-corrected chi connectivity index (χ2v) is 8.17. The lowest BCUT2D eigenvalue weighted by Crippen LogP contribution is -2.20. The van der Waals surface area contributed by atoms with Gasteiger partial charge >= 0.3 is 0 Å². The highest BCUT2D eigenvalue weighted by Gasteiger charge is 2.25. The maximum absolute atomic E-state index is 13.0. The molecular weight excluding hydrogens is 319 g/mol. The first-order valence-electron chi connectivity index (χ1n) is 10.2. The van der Waals surface area contributed by atoms with Gasteiger partial charge in [-0.2, -0.15) is 0 Å². The molecule has 0 aliphatic rings. The SMILES string of the molecule is CCCCC(C)C(C)CC(C)(C#CCc1ccc(F)cc1)/C=C(/C)CC. The van der Waals surface area contributed by atoms with Gasteiger partial charge in [0.05, 0.1) is 0 Å². The predicted octanol–water partition coefficient (Wildman–Crippen LogP) is 7.59. The summed E-state index contributed by atoms with van der Waals surface area (Å²) in [7, 11) is 0. The quantitative estimate of drug-likeness (QED) is 0.316. The monoisotopic (exact) mass is 356 g/mol. The Morgan fingerprint density at radius 1 is 1.15 bits per heavy atom. The van der Waals surface area contributed by atoms with Crippen molar-refractivity contribution in [1.29, 1.82) is 0 Å². The van der Waals surface area contributed by atoms with Crippen LogP contribution in [0.1, 0.15) is 79.2 Å². The van der Waals surface area contributed by atoms with Crippen LogP contribution >= 0.6 is 0 Å². The van der Waals surface area contributed by atoms with Crippen molar-refractivity contribution in [3.8, 4) is 11.8 Å². The first-order chi connectivity index (χ1) is 12.3. The van der Waals surface area contributed by atoms with Crippen LogP contribution in [-0.4, -0.2) is 0 Å². The van der Waals surface area contributed by atoms with Gasteiger partial charge in [0.2, 0.25) is 0 Å². The largest absolute Gasteiger partial charge is 0.207 e. The molecule has 0 heterocycles. The molecule has 0 nitrogen and oxygen atoms in total. The van der Waals surface area contributed by atoms with E-state index in [1.54, 1.807) is 0 Å². The van der Waals surface area contributed by atoms with E-state index in [0.29, 0.717) is 12.3 Å². The van der Waals surface area contributed by atoms with E-state index in [2.05, 4.69) is 59.5 Å². The second-order valence-electron chi connectivity index (χ2n) is 8.17. The van der Waals surface area contributed by atoms with E-state index in [-0.39, 0.29) is 11.2 Å². The number of hydrogen-bond donors (Lipinski definition) is 0. The second kappa shape index (κ2) is 11.2. The molecule has 144 valence electrons. The molecule has 0 saturated carbocycles. The fourth-order valence-corrected chi connectivity index (χ4v) is 3.42. The number of benzene rings is 1. The molecule has 1 heteroatoms. The maximum atomic E-state index is 13.0. The van der Waals surface area contributed by atoms with Crippen molar-refractivity contribution in [2.75, 3.05) is 0 Å². The van der Waals surface area contributed by atoms with Gasteiger partial charge in [0.15, 0.2) is 0 Å². The minimum absolute atomic E-state index is 0.0972. The summed E-state index contributed by atoms with van der Waals surface area (Å²) in [5.74, 6) is 8.09. The summed E-state index contributed by atoms with van der Waals surface area (Å²) in [6.07, 6.45) is 9.07. The molecule has 26 heavy (non-hydrogen) atoms. The van der Waals surface area contributed by atoms with Crippen LogP contribution in [-0.2, 0) is 6.42 Å². The summed E-state index contributed by atoms with van der Waals surface area (Å²) >= 11 is 0. The summed E-state index contributed by atoms with van der Waals surface area (Å²) < 4.78 is 13.0. The summed E-state index contributed by atoms with van der Waals surface area (Å²) in [6.45, 7) is 13.7. The molecule has 0 aromatic heterocycles. The molecule has 1 aromatic carbocycles. The molecule has 0 spiro atoms. The van der Waals surface area contributed by atoms with Crippen molar-refractivity contribution in [3.63, 3.8) is 0 Å². The Hall–Kier alpha value is -1.55. The van der Waals surface area contributed by atoms with Gasteiger partial charge in [-0.1, -0.05) is 82.6 Å². The predicted molar refractivity (Wildman–Crippen MR) is 113 cm³/mol. The van der Waals surface area contributed by atoms with Crippen LogP contribution in [0.5, 0.6) is 0 Å². The van der Waals surface area contributed by atoms with E-state index in [0.717, 1.165) is 24.3 Å². The van der Waals surface area contributed by atoms with Crippen molar-refractivity contribution in [1.82, 2.24) is 0 Å². The highest BCUT2D eigenvalue weighted by Crippen LogP contribution is 2.33. The Labute approximate surface area is 161 Å². The Kier molecular flexibility index (Phi) is 9.71. The van der Waals surface area contributed by atoms with Gasteiger partial charge in [0, 0.05) is 11.8 Å². The van der Waals surface area contributed by atoms with E-state index >= 15 is 0 Å². The van der Waals surface area contributed by atoms with Crippen LogP contribution < -0.4 is 0 Å². The van der Waals surface area contributed by atoms with Crippen molar-refractivity contribution >= 4 is 0 Å². The van der Waals surface area contributed by atoms with Crippen LogP contribution in [0, 0.1) is 34.9 Å². The van der Waals surface area contributed by atoms with Crippen LogP contribution in [0.3, 0.4) is 0 Å². The number of unbranched alkanes of at least 4 members (excludes halogenated alkanes) is 1. The summed E-state index contributed by atoms with van der Waals surface area (Å²) in [5, 5.41) is 0. The normalized spacial score (nSPS) is 16.3. The van der Waals surface area contributed by atoms with Crippen molar-refractivity contribution in [2.45, 2.75) is 80.1 Å². The lowest BCUT2D eigenvalue weighted by atomic mass is 9.75. The summed E-state index contributed by atoms with van der Waals surface area (Å²) in [4.78, 5) is 0. The van der Waals surface area contributed by atoms with Gasteiger partial charge < -0.3 is 0 Å². The van der Waals surface area contributed by atoms with Crippen LogP contribution in [0.2, 0.25) is 0 Å². The highest BCUT2D eigenvalue weighted by molar-refractivity contribution is 5.26. The zero-order valence-electron chi connectivity index (χ0n) is 17.7. The fourth-order valence-electron chi connectivity index (χ4n) is 3.42. The van der Waals surface area contributed by atoms with Gasteiger partial charge in [0.25, 0.3) is 0 Å². The Morgan fingerprint density at radius 2 is 1.81 bits per heavy atom. The van der Waals surface area contributed by atoms with Gasteiger partial charge in [-0.05, 0) is 56.2 Å². The average Bonchev–Trinajstić information content (AvgIpc) is 2.60. The first kappa shape index (κ1) is 22.5. The van der Waals surface area contributed by atoms with Crippen molar-refractivity contribution in [2.24, 2.45) is 17.3 Å². The van der Waals surface area contributed by atoms with Gasteiger partial charge in [-0.15, -0.1) is 0 Å². The van der Waals surface area contributed by atoms with E-state index in [1.807, 2.05) is 12.1 Å². The zero-order chi connectivity index (χ0) is 19.6. The lowest BCUT2D eigenvalue weighted by Gasteiger charge is -2.28. The average molecular weight is 357 g/mol. The van der Waals surface area contributed by atoms with E-state index in [9.17, 15) is 4.39 Å². The van der Waals surface area contributed by atoms with Gasteiger partial charge in [-0.3, -0.25) is 0 Å². The molecule has 0 amide bonds. The third-order valence-electron chi connectivity index (χ3n) is 5.43. The number of halogens is 1. The highest BCUT2D eigenvalue weighted by atomic mass is 19.1. The molecule has 0 aliphatic carbocycles. The molecule has 0 saturated heterocycles. The van der Waals surface area contributed by atoms with E-state index in [1.165, 1.54) is 37.0 Å². The van der Waals surface area contributed by atoms with Gasteiger partial charge in [-0.25, -0.2) is 4.39 Å².